The quantitative estimate of drug-likeness (QED) is 0.894. The maximum absolute atomic E-state index is 9.36. The summed E-state index contributed by atoms with van der Waals surface area (Å²) in [5, 5.41) is 15.2. The van der Waals surface area contributed by atoms with E-state index in [2.05, 4.69) is 5.10 Å². The predicted octanol–water partition coefficient (Wildman–Crippen LogP) is 2.08. The lowest BCUT2D eigenvalue weighted by Crippen LogP contribution is -2.13. The van der Waals surface area contributed by atoms with Crippen molar-refractivity contribution in [1.82, 2.24) is 9.78 Å². The highest BCUT2D eigenvalue weighted by atomic mass is 35.5. The highest BCUT2D eigenvalue weighted by Gasteiger charge is 2.13. The molecule has 1 atom stereocenters. The van der Waals surface area contributed by atoms with Gasteiger partial charge in [0.1, 0.15) is 0 Å². The van der Waals surface area contributed by atoms with Crippen LogP contribution in [0.3, 0.4) is 0 Å². The number of rotatable bonds is 3. The summed E-state index contributed by atoms with van der Waals surface area (Å²) in [4.78, 5) is 0. The Bertz CT molecular complexity index is 508. The zero-order chi connectivity index (χ0) is 11.7. The van der Waals surface area contributed by atoms with Crippen LogP contribution in [0.25, 0.3) is 10.9 Å². The minimum Gasteiger partial charge on any atom is -0.481 e. The van der Waals surface area contributed by atoms with Gasteiger partial charge in [-0.25, -0.2) is 4.68 Å². The third-order valence-corrected chi connectivity index (χ3v) is 2.52. The van der Waals surface area contributed by atoms with Gasteiger partial charge in [0.05, 0.1) is 30.7 Å². The molecule has 1 heterocycles. The van der Waals surface area contributed by atoms with Crippen molar-refractivity contribution < 1.29 is 9.84 Å². The van der Waals surface area contributed by atoms with Gasteiger partial charge in [-0.05, 0) is 25.1 Å². The van der Waals surface area contributed by atoms with Crippen LogP contribution in [-0.4, -0.2) is 28.1 Å². The van der Waals surface area contributed by atoms with Crippen LogP contribution in [0, 0.1) is 0 Å². The third kappa shape index (κ3) is 1.99. The second kappa shape index (κ2) is 4.31. The van der Waals surface area contributed by atoms with Gasteiger partial charge >= 0.3 is 0 Å². The predicted molar refractivity (Wildman–Crippen MR) is 63.0 cm³/mol. The van der Waals surface area contributed by atoms with Gasteiger partial charge in [-0.3, -0.25) is 0 Å². The molecule has 1 N–H and O–H groups in total. The van der Waals surface area contributed by atoms with Crippen LogP contribution < -0.4 is 4.74 Å². The van der Waals surface area contributed by atoms with Crippen LogP contribution in [0.4, 0.5) is 0 Å². The van der Waals surface area contributed by atoms with Crippen LogP contribution in [0.1, 0.15) is 6.92 Å². The molecule has 0 bridgehead atoms. The molecule has 16 heavy (non-hydrogen) atoms. The van der Waals surface area contributed by atoms with Crippen molar-refractivity contribution in [1.29, 1.82) is 0 Å². The number of aliphatic hydroxyl groups excluding tert-OH is 1. The second-order valence-electron chi connectivity index (χ2n) is 3.70. The van der Waals surface area contributed by atoms with Crippen LogP contribution in [-0.2, 0) is 6.54 Å². The number of ether oxygens (including phenoxy) is 1. The topological polar surface area (TPSA) is 47.3 Å². The molecule has 2 rings (SSSR count). The molecule has 0 saturated heterocycles. The summed E-state index contributed by atoms with van der Waals surface area (Å²) in [5.41, 5.74) is 0.769. The summed E-state index contributed by atoms with van der Waals surface area (Å²) in [6, 6.07) is 5.43. The number of halogens is 1. The average Bonchev–Trinajstić information content (AvgIpc) is 2.52. The zero-order valence-corrected chi connectivity index (χ0v) is 9.90. The molecule has 0 saturated carbocycles. The van der Waals surface area contributed by atoms with Crippen molar-refractivity contribution in [2.24, 2.45) is 0 Å². The molecular formula is C11H13ClN2O2. The van der Waals surface area contributed by atoms with E-state index in [4.69, 9.17) is 16.3 Å². The number of hydrogen-bond donors (Lipinski definition) is 1. The SMILES string of the molecule is COc1c2ccc(Cl)cc2nn1CC(C)O. The van der Waals surface area contributed by atoms with E-state index >= 15 is 0 Å². The molecule has 0 spiro atoms. The van der Waals surface area contributed by atoms with Crippen molar-refractivity contribution in [3.63, 3.8) is 0 Å². The van der Waals surface area contributed by atoms with E-state index in [0.717, 1.165) is 10.9 Å². The van der Waals surface area contributed by atoms with Gasteiger partial charge in [-0.15, -0.1) is 0 Å². The van der Waals surface area contributed by atoms with Crippen LogP contribution >= 0.6 is 11.6 Å². The van der Waals surface area contributed by atoms with E-state index < -0.39 is 6.10 Å². The van der Waals surface area contributed by atoms with Gasteiger partial charge in [0.25, 0.3) is 0 Å². The minimum atomic E-state index is -0.473. The summed E-state index contributed by atoms with van der Waals surface area (Å²) in [5.74, 6) is 0.646. The number of aliphatic hydroxyl groups is 1. The van der Waals surface area contributed by atoms with Crippen LogP contribution in [0.15, 0.2) is 18.2 Å². The molecule has 0 aliphatic rings. The number of methoxy groups -OCH3 is 1. The first kappa shape index (κ1) is 11.2. The lowest BCUT2D eigenvalue weighted by Gasteiger charge is -2.07. The minimum absolute atomic E-state index is 0.398. The van der Waals surface area contributed by atoms with Crippen LogP contribution in [0.5, 0.6) is 5.88 Å². The highest BCUT2D eigenvalue weighted by Crippen LogP contribution is 2.27. The summed E-state index contributed by atoms with van der Waals surface area (Å²) in [6.07, 6.45) is -0.473. The molecule has 4 nitrogen and oxygen atoms in total. The van der Waals surface area contributed by atoms with Crippen molar-refractivity contribution >= 4 is 22.5 Å². The van der Waals surface area contributed by atoms with Crippen molar-refractivity contribution in [3.8, 4) is 5.88 Å². The summed E-state index contributed by atoms with van der Waals surface area (Å²) in [6.45, 7) is 2.11. The largest absolute Gasteiger partial charge is 0.481 e. The van der Waals surface area contributed by atoms with E-state index in [1.807, 2.05) is 6.07 Å². The number of benzene rings is 1. The molecule has 2 aromatic rings. The Hall–Kier alpha value is -1.26. The number of nitrogens with zero attached hydrogens (tertiary/aromatic N) is 2. The Kier molecular flexibility index (Phi) is 3.03. The van der Waals surface area contributed by atoms with E-state index in [1.54, 1.807) is 30.8 Å². The van der Waals surface area contributed by atoms with Gasteiger partial charge in [0, 0.05) is 5.02 Å². The highest BCUT2D eigenvalue weighted by molar-refractivity contribution is 6.31. The van der Waals surface area contributed by atoms with Gasteiger partial charge < -0.3 is 9.84 Å². The molecular weight excluding hydrogens is 228 g/mol. The van der Waals surface area contributed by atoms with Crippen molar-refractivity contribution in [2.75, 3.05) is 7.11 Å². The van der Waals surface area contributed by atoms with Crippen molar-refractivity contribution in [2.45, 2.75) is 19.6 Å². The number of hydrogen-bond acceptors (Lipinski definition) is 3. The van der Waals surface area contributed by atoms with E-state index in [0.29, 0.717) is 17.4 Å². The summed E-state index contributed by atoms with van der Waals surface area (Å²) in [7, 11) is 1.59. The summed E-state index contributed by atoms with van der Waals surface area (Å²) >= 11 is 5.89. The molecule has 86 valence electrons. The zero-order valence-electron chi connectivity index (χ0n) is 9.14. The van der Waals surface area contributed by atoms with Gasteiger partial charge in [0.2, 0.25) is 5.88 Å². The number of aromatic nitrogens is 2. The normalized spacial score (nSPS) is 13.0. The molecule has 1 unspecified atom stereocenters. The lowest BCUT2D eigenvalue weighted by atomic mass is 10.2. The lowest BCUT2D eigenvalue weighted by molar-refractivity contribution is 0.163. The van der Waals surface area contributed by atoms with E-state index in [1.165, 1.54) is 0 Å². The Labute approximate surface area is 98.4 Å². The van der Waals surface area contributed by atoms with Gasteiger partial charge in [-0.1, -0.05) is 11.6 Å². The maximum Gasteiger partial charge on any atom is 0.219 e. The maximum atomic E-state index is 9.36. The van der Waals surface area contributed by atoms with E-state index in [-0.39, 0.29) is 0 Å². The Balaban J connectivity index is 2.56. The average molecular weight is 241 g/mol. The fraction of sp³-hybridized carbons (Fsp3) is 0.364. The van der Waals surface area contributed by atoms with E-state index in [9.17, 15) is 5.11 Å². The molecule has 5 heteroatoms. The molecule has 0 aliphatic heterocycles. The van der Waals surface area contributed by atoms with Gasteiger partial charge in [-0.2, -0.15) is 5.10 Å². The Morgan fingerprint density at radius 1 is 1.56 bits per heavy atom. The van der Waals surface area contributed by atoms with Gasteiger partial charge in [0.15, 0.2) is 0 Å². The van der Waals surface area contributed by atoms with Crippen LogP contribution in [0.2, 0.25) is 5.02 Å². The molecule has 0 aliphatic carbocycles. The molecule has 1 aromatic carbocycles. The first-order valence-electron chi connectivity index (χ1n) is 5.00. The summed E-state index contributed by atoms with van der Waals surface area (Å²) < 4.78 is 6.93. The molecule has 0 fully saturated rings. The molecule has 1 aromatic heterocycles. The molecule has 0 radical (unpaired) electrons. The monoisotopic (exact) mass is 240 g/mol. The smallest absolute Gasteiger partial charge is 0.219 e. The van der Waals surface area contributed by atoms with Crippen molar-refractivity contribution in [3.05, 3.63) is 23.2 Å². The number of fused-ring (bicyclic) bond motifs is 1. The first-order chi connectivity index (χ1) is 7.61. The first-order valence-corrected chi connectivity index (χ1v) is 5.37. The Morgan fingerprint density at radius 3 is 2.94 bits per heavy atom. The second-order valence-corrected chi connectivity index (χ2v) is 4.14. The Morgan fingerprint density at radius 2 is 2.31 bits per heavy atom. The fourth-order valence-electron chi connectivity index (χ4n) is 1.67. The fourth-order valence-corrected chi connectivity index (χ4v) is 1.84. The molecule has 0 amide bonds. The third-order valence-electron chi connectivity index (χ3n) is 2.28. The standard InChI is InChI=1S/C11H13ClN2O2/c1-7(15)6-14-11(16-2)9-4-3-8(12)5-10(9)13-14/h3-5,7,15H,6H2,1-2H3.